The minimum absolute atomic E-state index is 0.131. The number of benzene rings is 2. The summed E-state index contributed by atoms with van der Waals surface area (Å²) < 4.78 is 31.9. The molecular formula is C20H26N2O4S. The van der Waals surface area contributed by atoms with Crippen molar-refractivity contribution >= 4 is 15.9 Å². The lowest BCUT2D eigenvalue weighted by atomic mass is 10.1. The lowest BCUT2D eigenvalue weighted by molar-refractivity contribution is 0.0950. The van der Waals surface area contributed by atoms with Crippen LogP contribution in [0.25, 0.3) is 0 Å². The highest BCUT2D eigenvalue weighted by atomic mass is 32.2. The SMILES string of the molecule is CCN(CC)S(=O)(=O)c1ccc(C)c(C(=O)NCc2ccc(OC)cc2)c1. The number of methoxy groups -OCH3 is 1. The second-order valence-electron chi connectivity index (χ2n) is 6.10. The number of carbonyl (C=O) groups is 1. The van der Waals surface area contributed by atoms with Gasteiger partial charge in [-0.25, -0.2) is 8.42 Å². The van der Waals surface area contributed by atoms with Crippen molar-refractivity contribution in [2.45, 2.75) is 32.2 Å². The fraction of sp³-hybridized carbons (Fsp3) is 0.350. The predicted molar refractivity (Wildman–Crippen MR) is 105 cm³/mol. The van der Waals surface area contributed by atoms with Crippen LogP contribution in [0.15, 0.2) is 47.4 Å². The second-order valence-corrected chi connectivity index (χ2v) is 8.03. The van der Waals surface area contributed by atoms with Crippen molar-refractivity contribution in [2.24, 2.45) is 0 Å². The van der Waals surface area contributed by atoms with E-state index >= 15 is 0 Å². The van der Waals surface area contributed by atoms with Crippen molar-refractivity contribution in [1.82, 2.24) is 9.62 Å². The molecule has 1 N–H and O–H groups in total. The summed E-state index contributed by atoms with van der Waals surface area (Å²) in [5.41, 5.74) is 2.01. The van der Waals surface area contributed by atoms with Crippen LogP contribution < -0.4 is 10.1 Å². The number of amides is 1. The fourth-order valence-corrected chi connectivity index (χ4v) is 4.22. The van der Waals surface area contributed by atoms with E-state index in [1.807, 2.05) is 24.3 Å². The van der Waals surface area contributed by atoms with E-state index in [9.17, 15) is 13.2 Å². The Hall–Kier alpha value is -2.38. The van der Waals surface area contributed by atoms with Gasteiger partial charge in [-0.15, -0.1) is 0 Å². The van der Waals surface area contributed by atoms with Crippen LogP contribution in [0.2, 0.25) is 0 Å². The molecule has 0 atom stereocenters. The minimum Gasteiger partial charge on any atom is -0.497 e. The first-order valence-electron chi connectivity index (χ1n) is 8.85. The first kappa shape index (κ1) is 20.9. The Morgan fingerprint density at radius 3 is 2.26 bits per heavy atom. The van der Waals surface area contributed by atoms with E-state index in [1.54, 1.807) is 40.0 Å². The summed E-state index contributed by atoms with van der Waals surface area (Å²) in [6.07, 6.45) is 0. The van der Waals surface area contributed by atoms with Crippen LogP contribution in [-0.2, 0) is 16.6 Å². The number of sulfonamides is 1. The van der Waals surface area contributed by atoms with Crippen LogP contribution in [0.4, 0.5) is 0 Å². The maximum atomic E-state index is 12.7. The number of hydrogen-bond acceptors (Lipinski definition) is 4. The van der Waals surface area contributed by atoms with E-state index in [0.29, 0.717) is 25.2 Å². The summed E-state index contributed by atoms with van der Waals surface area (Å²) in [4.78, 5) is 12.7. The molecule has 2 aromatic carbocycles. The molecule has 0 spiro atoms. The number of aryl methyl sites for hydroxylation is 1. The van der Waals surface area contributed by atoms with Crippen molar-refractivity contribution in [1.29, 1.82) is 0 Å². The van der Waals surface area contributed by atoms with Crippen LogP contribution in [0.5, 0.6) is 5.75 Å². The molecule has 27 heavy (non-hydrogen) atoms. The highest BCUT2D eigenvalue weighted by Gasteiger charge is 2.23. The molecule has 1 amide bonds. The van der Waals surface area contributed by atoms with E-state index < -0.39 is 10.0 Å². The maximum absolute atomic E-state index is 12.7. The summed E-state index contributed by atoms with van der Waals surface area (Å²) in [5.74, 6) is 0.440. The molecular weight excluding hydrogens is 364 g/mol. The van der Waals surface area contributed by atoms with E-state index in [2.05, 4.69) is 5.32 Å². The first-order valence-corrected chi connectivity index (χ1v) is 10.3. The molecule has 2 aromatic rings. The molecule has 0 aliphatic carbocycles. The fourth-order valence-electron chi connectivity index (χ4n) is 2.74. The summed E-state index contributed by atoms with van der Waals surface area (Å²) in [6.45, 7) is 6.47. The van der Waals surface area contributed by atoms with Gasteiger partial charge in [-0.05, 0) is 42.3 Å². The van der Waals surface area contributed by atoms with Gasteiger partial charge in [-0.2, -0.15) is 4.31 Å². The molecule has 0 aromatic heterocycles. The average molecular weight is 391 g/mol. The van der Waals surface area contributed by atoms with E-state index in [0.717, 1.165) is 16.9 Å². The van der Waals surface area contributed by atoms with Gasteiger partial charge >= 0.3 is 0 Å². The minimum atomic E-state index is -3.61. The van der Waals surface area contributed by atoms with E-state index in [4.69, 9.17) is 4.74 Å². The van der Waals surface area contributed by atoms with Crippen LogP contribution in [-0.4, -0.2) is 38.8 Å². The smallest absolute Gasteiger partial charge is 0.251 e. The Balaban J connectivity index is 2.20. The lowest BCUT2D eigenvalue weighted by Crippen LogP contribution is -2.31. The van der Waals surface area contributed by atoms with Gasteiger partial charge in [0.15, 0.2) is 0 Å². The molecule has 0 aliphatic rings. The molecule has 146 valence electrons. The van der Waals surface area contributed by atoms with Crippen molar-refractivity contribution < 1.29 is 17.9 Å². The normalized spacial score (nSPS) is 11.4. The van der Waals surface area contributed by atoms with Crippen molar-refractivity contribution in [2.75, 3.05) is 20.2 Å². The van der Waals surface area contributed by atoms with Crippen LogP contribution in [0.1, 0.15) is 35.3 Å². The molecule has 6 nitrogen and oxygen atoms in total. The van der Waals surface area contributed by atoms with Gasteiger partial charge < -0.3 is 10.1 Å². The average Bonchev–Trinajstić information content (AvgIpc) is 2.67. The Kier molecular flexibility index (Phi) is 6.98. The molecule has 0 saturated carbocycles. The van der Waals surface area contributed by atoms with Crippen molar-refractivity contribution in [3.05, 3.63) is 59.2 Å². The topological polar surface area (TPSA) is 75.7 Å². The Labute approximate surface area is 161 Å². The number of rotatable bonds is 8. The summed E-state index contributed by atoms with van der Waals surface area (Å²) in [6, 6.07) is 12.0. The Morgan fingerprint density at radius 1 is 1.07 bits per heavy atom. The lowest BCUT2D eigenvalue weighted by Gasteiger charge is -2.19. The van der Waals surface area contributed by atoms with Gasteiger partial charge in [-0.1, -0.05) is 32.0 Å². The highest BCUT2D eigenvalue weighted by molar-refractivity contribution is 7.89. The quantitative estimate of drug-likeness (QED) is 0.752. The van der Waals surface area contributed by atoms with Gasteiger partial charge in [0.2, 0.25) is 10.0 Å². The van der Waals surface area contributed by atoms with E-state index in [1.165, 1.54) is 10.4 Å². The van der Waals surface area contributed by atoms with Gasteiger partial charge in [0.05, 0.1) is 12.0 Å². The summed E-state index contributed by atoms with van der Waals surface area (Å²) >= 11 is 0. The Bertz CT molecular complexity index is 889. The van der Waals surface area contributed by atoms with Gasteiger partial charge in [0, 0.05) is 25.2 Å². The molecule has 0 unspecified atom stereocenters. The standard InChI is InChI=1S/C20H26N2O4S/c1-5-22(6-2)27(24,25)18-12-7-15(3)19(13-18)20(23)21-14-16-8-10-17(26-4)11-9-16/h7-13H,5-6,14H2,1-4H3,(H,21,23). The number of ether oxygens (including phenoxy) is 1. The molecule has 0 saturated heterocycles. The van der Waals surface area contributed by atoms with Gasteiger partial charge in [-0.3, -0.25) is 4.79 Å². The molecule has 0 aliphatic heterocycles. The number of nitrogens with one attached hydrogen (secondary N) is 1. The summed E-state index contributed by atoms with van der Waals surface area (Å²) in [7, 11) is -2.01. The first-order chi connectivity index (χ1) is 12.8. The van der Waals surface area contributed by atoms with Crippen molar-refractivity contribution in [3.8, 4) is 5.75 Å². The summed E-state index contributed by atoms with van der Waals surface area (Å²) in [5, 5.41) is 2.84. The van der Waals surface area contributed by atoms with Crippen LogP contribution in [0.3, 0.4) is 0 Å². The third kappa shape index (κ3) is 4.87. The number of carbonyl (C=O) groups excluding carboxylic acids is 1. The largest absolute Gasteiger partial charge is 0.497 e. The van der Waals surface area contributed by atoms with Crippen LogP contribution >= 0.6 is 0 Å². The molecule has 0 fully saturated rings. The molecule has 7 heteroatoms. The molecule has 2 rings (SSSR count). The Morgan fingerprint density at radius 2 is 1.70 bits per heavy atom. The number of hydrogen-bond donors (Lipinski definition) is 1. The monoisotopic (exact) mass is 390 g/mol. The third-order valence-corrected chi connectivity index (χ3v) is 6.45. The zero-order valence-corrected chi connectivity index (χ0v) is 17.0. The van der Waals surface area contributed by atoms with Gasteiger partial charge in [0.25, 0.3) is 5.91 Å². The highest BCUT2D eigenvalue weighted by Crippen LogP contribution is 2.20. The number of nitrogens with zero attached hydrogens (tertiary/aromatic N) is 1. The zero-order valence-electron chi connectivity index (χ0n) is 16.2. The van der Waals surface area contributed by atoms with Crippen molar-refractivity contribution in [3.63, 3.8) is 0 Å². The second kappa shape index (κ2) is 9.01. The predicted octanol–water partition coefficient (Wildman–Crippen LogP) is 2.96. The molecule has 0 bridgehead atoms. The maximum Gasteiger partial charge on any atom is 0.251 e. The molecule has 0 heterocycles. The molecule has 0 radical (unpaired) electrons. The third-order valence-electron chi connectivity index (χ3n) is 4.41. The van der Waals surface area contributed by atoms with E-state index in [-0.39, 0.29) is 10.8 Å². The van der Waals surface area contributed by atoms with Gasteiger partial charge in [0.1, 0.15) is 5.75 Å². The van der Waals surface area contributed by atoms with Crippen LogP contribution in [0, 0.1) is 6.92 Å². The zero-order chi connectivity index (χ0) is 20.0.